The molecule has 2 aromatic heterocycles. The van der Waals surface area contributed by atoms with Crippen molar-refractivity contribution in [1.82, 2.24) is 14.5 Å². The molecule has 8 heteroatoms. The van der Waals surface area contributed by atoms with Crippen LogP contribution < -0.4 is 10.3 Å². The van der Waals surface area contributed by atoms with Gasteiger partial charge in [0.05, 0.1) is 42.5 Å². The topological polar surface area (TPSA) is 93.9 Å². The molecule has 0 aliphatic carbocycles. The van der Waals surface area contributed by atoms with Crippen LogP contribution in [0.3, 0.4) is 0 Å². The SMILES string of the molecule is CCC1(O)CC(=O)OCc2c1cc1n(c2=O)Cc2c-1nc1ccc(OC)cc1c2CN1CCC(C)CC1. The summed E-state index contributed by atoms with van der Waals surface area (Å²) in [5.41, 5.74) is 3.67. The number of aromatic nitrogens is 2. The van der Waals surface area contributed by atoms with Crippen molar-refractivity contribution in [3.8, 4) is 17.1 Å². The van der Waals surface area contributed by atoms with Gasteiger partial charge in [0, 0.05) is 17.5 Å². The maximum absolute atomic E-state index is 13.8. The largest absolute Gasteiger partial charge is 0.497 e. The Morgan fingerprint density at radius 1 is 1.19 bits per heavy atom. The van der Waals surface area contributed by atoms with Gasteiger partial charge in [0.15, 0.2) is 0 Å². The third-order valence-electron chi connectivity index (χ3n) is 8.53. The first-order valence-electron chi connectivity index (χ1n) is 13.2. The van der Waals surface area contributed by atoms with E-state index in [-0.39, 0.29) is 18.6 Å². The van der Waals surface area contributed by atoms with E-state index in [1.807, 2.05) is 31.2 Å². The van der Waals surface area contributed by atoms with Gasteiger partial charge in [0.1, 0.15) is 18.0 Å². The highest BCUT2D eigenvalue weighted by atomic mass is 16.5. The van der Waals surface area contributed by atoms with E-state index in [1.165, 1.54) is 18.4 Å². The molecule has 1 aromatic carbocycles. The van der Waals surface area contributed by atoms with Gasteiger partial charge in [-0.05, 0) is 73.7 Å². The van der Waals surface area contributed by atoms with Gasteiger partial charge < -0.3 is 19.1 Å². The number of aliphatic hydroxyl groups is 1. The second-order valence-corrected chi connectivity index (χ2v) is 10.8. The molecule has 0 amide bonds. The number of cyclic esters (lactones) is 1. The van der Waals surface area contributed by atoms with Crippen molar-refractivity contribution in [3.05, 3.63) is 56.9 Å². The fraction of sp³-hybridized carbons (Fsp3) is 0.483. The molecule has 194 valence electrons. The summed E-state index contributed by atoms with van der Waals surface area (Å²) < 4.78 is 12.6. The molecule has 0 bridgehead atoms. The first-order valence-corrected chi connectivity index (χ1v) is 13.2. The van der Waals surface area contributed by atoms with Gasteiger partial charge in [-0.2, -0.15) is 0 Å². The van der Waals surface area contributed by atoms with Crippen LogP contribution in [0.1, 0.15) is 61.8 Å². The Bertz CT molecular complexity index is 1470. The third-order valence-corrected chi connectivity index (χ3v) is 8.53. The number of nitrogens with zero attached hydrogens (tertiary/aromatic N) is 3. The molecular formula is C29H33N3O5. The van der Waals surface area contributed by atoms with Gasteiger partial charge in [0.25, 0.3) is 5.56 Å². The fourth-order valence-corrected chi connectivity index (χ4v) is 6.09. The van der Waals surface area contributed by atoms with Crippen molar-refractivity contribution in [2.45, 2.75) is 64.8 Å². The van der Waals surface area contributed by atoms with Crippen molar-refractivity contribution in [3.63, 3.8) is 0 Å². The molecule has 37 heavy (non-hydrogen) atoms. The number of benzene rings is 1. The molecule has 0 saturated carbocycles. The highest BCUT2D eigenvalue weighted by molar-refractivity contribution is 5.89. The van der Waals surface area contributed by atoms with Gasteiger partial charge in [-0.15, -0.1) is 0 Å². The molecule has 6 rings (SSSR count). The van der Waals surface area contributed by atoms with Gasteiger partial charge in [-0.25, -0.2) is 4.98 Å². The van der Waals surface area contributed by atoms with Gasteiger partial charge in [0.2, 0.25) is 0 Å². The number of likely N-dealkylation sites (tertiary alicyclic amines) is 1. The molecule has 1 atom stereocenters. The summed E-state index contributed by atoms with van der Waals surface area (Å²) >= 11 is 0. The van der Waals surface area contributed by atoms with Crippen molar-refractivity contribution in [2.24, 2.45) is 5.92 Å². The summed E-state index contributed by atoms with van der Waals surface area (Å²) in [5, 5.41) is 12.5. The number of carbonyl (C=O) groups excluding carboxylic acids is 1. The second-order valence-electron chi connectivity index (χ2n) is 10.8. The van der Waals surface area contributed by atoms with E-state index in [0.29, 0.717) is 29.8 Å². The van der Waals surface area contributed by atoms with Crippen LogP contribution in [-0.2, 0) is 34.8 Å². The van der Waals surface area contributed by atoms with E-state index in [2.05, 4.69) is 11.8 Å². The van der Waals surface area contributed by atoms with Gasteiger partial charge in [-0.3, -0.25) is 14.5 Å². The summed E-state index contributed by atoms with van der Waals surface area (Å²) in [5.74, 6) is 1.01. The predicted octanol–water partition coefficient (Wildman–Crippen LogP) is 3.71. The Morgan fingerprint density at radius 3 is 2.70 bits per heavy atom. The maximum Gasteiger partial charge on any atom is 0.309 e. The minimum Gasteiger partial charge on any atom is -0.497 e. The molecule has 3 aliphatic rings. The van der Waals surface area contributed by atoms with E-state index in [0.717, 1.165) is 53.5 Å². The number of methoxy groups -OCH3 is 1. The van der Waals surface area contributed by atoms with Crippen molar-refractivity contribution >= 4 is 16.9 Å². The Labute approximate surface area is 215 Å². The molecule has 1 fully saturated rings. The fourth-order valence-electron chi connectivity index (χ4n) is 6.09. The number of hydrogen-bond donors (Lipinski definition) is 1. The number of piperidine rings is 1. The molecule has 5 heterocycles. The third kappa shape index (κ3) is 3.94. The second kappa shape index (κ2) is 8.96. The van der Waals surface area contributed by atoms with Gasteiger partial charge >= 0.3 is 5.97 Å². The summed E-state index contributed by atoms with van der Waals surface area (Å²) in [6.07, 6.45) is 2.48. The standard InChI is InChI=1S/C29H33N3O5/c1-4-29(35)13-26(33)37-16-22-23(29)12-25-27-21(15-32(25)28(22)34)20(14-31-9-7-17(2)8-10-31)19-11-18(36-3)5-6-24(19)30-27/h5-6,11-12,17,35H,4,7-10,13-16H2,1-3H3. The Balaban J connectivity index is 1.55. The Kier molecular flexibility index (Phi) is 5.84. The summed E-state index contributed by atoms with van der Waals surface area (Å²) in [6.45, 7) is 7.26. The number of fused-ring (bicyclic) bond motifs is 5. The number of hydrogen-bond acceptors (Lipinski definition) is 7. The minimum atomic E-state index is -1.45. The Morgan fingerprint density at radius 2 is 1.97 bits per heavy atom. The Hall–Kier alpha value is -3.23. The van der Waals surface area contributed by atoms with E-state index < -0.39 is 11.6 Å². The van der Waals surface area contributed by atoms with Crippen LogP contribution >= 0.6 is 0 Å². The minimum absolute atomic E-state index is 0.128. The van der Waals surface area contributed by atoms with Crippen molar-refractivity contribution in [1.29, 1.82) is 0 Å². The number of pyridine rings is 2. The molecule has 1 N–H and O–H groups in total. The van der Waals surface area contributed by atoms with Crippen LogP contribution in [0.25, 0.3) is 22.3 Å². The predicted molar refractivity (Wildman–Crippen MR) is 139 cm³/mol. The normalized spacial score (nSPS) is 21.8. The monoisotopic (exact) mass is 503 g/mol. The van der Waals surface area contributed by atoms with E-state index >= 15 is 0 Å². The number of esters is 1. The van der Waals surface area contributed by atoms with Crippen LogP contribution in [0.15, 0.2) is 29.1 Å². The lowest BCUT2D eigenvalue weighted by Crippen LogP contribution is -2.33. The zero-order valence-corrected chi connectivity index (χ0v) is 21.7. The van der Waals surface area contributed by atoms with Crippen molar-refractivity contribution < 1.29 is 19.4 Å². The van der Waals surface area contributed by atoms with Crippen LogP contribution in [0, 0.1) is 5.92 Å². The van der Waals surface area contributed by atoms with Gasteiger partial charge in [-0.1, -0.05) is 13.8 Å². The van der Waals surface area contributed by atoms with E-state index in [1.54, 1.807) is 11.7 Å². The quantitative estimate of drug-likeness (QED) is 0.424. The molecule has 0 radical (unpaired) electrons. The van der Waals surface area contributed by atoms with Crippen LogP contribution in [0.5, 0.6) is 5.75 Å². The molecule has 8 nitrogen and oxygen atoms in total. The molecule has 1 unspecified atom stereocenters. The van der Waals surface area contributed by atoms with E-state index in [9.17, 15) is 14.7 Å². The maximum atomic E-state index is 13.8. The van der Waals surface area contributed by atoms with Crippen LogP contribution in [0.2, 0.25) is 0 Å². The number of ether oxygens (including phenoxy) is 2. The van der Waals surface area contributed by atoms with Crippen LogP contribution in [-0.4, -0.2) is 45.7 Å². The summed E-state index contributed by atoms with van der Waals surface area (Å²) in [6, 6.07) is 7.78. The lowest BCUT2D eigenvalue weighted by Gasteiger charge is -2.31. The zero-order chi connectivity index (χ0) is 25.9. The highest BCUT2D eigenvalue weighted by Gasteiger charge is 2.40. The first-order chi connectivity index (χ1) is 17.8. The molecular weight excluding hydrogens is 470 g/mol. The van der Waals surface area contributed by atoms with Crippen molar-refractivity contribution in [2.75, 3.05) is 20.2 Å². The lowest BCUT2D eigenvalue weighted by atomic mass is 9.85. The average molecular weight is 504 g/mol. The summed E-state index contributed by atoms with van der Waals surface area (Å²) in [4.78, 5) is 33.5. The molecule has 0 spiro atoms. The zero-order valence-electron chi connectivity index (χ0n) is 21.7. The molecule has 3 aromatic rings. The number of rotatable bonds is 4. The van der Waals surface area contributed by atoms with E-state index in [4.69, 9.17) is 14.5 Å². The average Bonchev–Trinajstić information content (AvgIpc) is 3.21. The smallest absolute Gasteiger partial charge is 0.309 e. The first kappa shape index (κ1) is 24.1. The molecule has 3 aliphatic heterocycles. The number of carbonyl (C=O) groups is 1. The van der Waals surface area contributed by atoms with Crippen LogP contribution in [0.4, 0.5) is 0 Å². The molecule has 1 saturated heterocycles. The lowest BCUT2D eigenvalue weighted by molar-refractivity contribution is -0.149. The summed E-state index contributed by atoms with van der Waals surface area (Å²) in [7, 11) is 1.66. The highest BCUT2D eigenvalue weighted by Crippen LogP contribution is 2.41.